The van der Waals surface area contributed by atoms with Crippen LogP contribution in [-0.4, -0.2) is 28.7 Å². The Morgan fingerprint density at radius 3 is 2.76 bits per heavy atom. The first kappa shape index (κ1) is 10.2. The number of pyridine rings is 1. The van der Waals surface area contributed by atoms with Gasteiger partial charge in [-0.3, -0.25) is 14.5 Å². The molecule has 2 aromatic rings. The van der Waals surface area contributed by atoms with Crippen molar-refractivity contribution >= 4 is 34.2 Å². The predicted octanol–water partition coefficient (Wildman–Crippen LogP) is 2.11. The highest BCUT2D eigenvalue weighted by molar-refractivity contribution is 6.32. The van der Waals surface area contributed by atoms with Crippen LogP contribution in [0.5, 0.6) is 0 Å². The van der Waals surface area contributed by atoms with E-state index in [4.69, 9.17) is 11.6 Å². The topological polar surface area (TPSA) is 50.3 Å². The molecule has 1 aromatic heterocycles. The largest absolute Gasteiger partial charge is 0.279 e. The van der Waals surface area contributed by atoms with Gasteiger partial charge in [0.1, 0.15) is 5.69 Å². The van der Waals surface area contributed by atoms with E-state index in [1.165, 1.54) is 7.05 Å². The molecule has 2 amide bonds. The van der Waals surface area contributed by atoms with Crippen LogP contribution in [0.25, 0.3) is 10.8 Å². The predicted molar refractivity (Wildman–Crippen MR) is 63.2 cm³/mol. The van der Waals surface area contributed by atoms with Crippen molar-refractivity contribution in [3.8, 4) is 0 Å². The second-order valence-corrected chi connectivity index (χ2v) is 4.32. The number of rotatable bonds is 0. The standard InChI is InChI=1S/C12H7ClN2O2/c1-15-11(16)9-8-4-7(13)3-2-6(8)5-14-10(9)12(15)17/h2-5H,1H3. The second kappa shape index (κ2) is 3.28. The van der Waals surface area contributed by atoms with Crippen LogP contribution >= 0.6 is 11.6 Å². The highest BCUT2D eigenvalue weighted by atomic mass is 35.5. The van der Waals surface area contributed by atoms with Gasteiger partial charge in [-0.15, -0.1) is 0 Å². The van der Waals surface area contributed by atoms with Gasteiger partial charge in [-0.2, -0.15) is 0 Å². The van der Waals surface area contributed by atoms with E-state index >= 15 is 0 Å². The summed E-state index contributed by atoms with van der Waals surface area (Å²) in [6, 6.07) is 5.19. The highest BCUT2D eigenvalue weighted by Gasteiger charge is 2.35. The van der Waals surface area contributed by atoms with Crippen molar-refractivity contribution in [1.82, 2.24) is 9.88 Å². The molecular weight excluding hydrogens is 240 g/mol. The van der Waals surface area contributed by atoms with Crippen molar-refractivity contribution in [3.63, 3.8) is 0 Å². The molecule has 2 heterocycles. The number of amides is 2. The van der Waals surface area contributed by atoms with Gasteiger partial charge in [0.25, 0.3) is 11.8 Å². The first-order valence-electron chi connectivity index (χ1n) is 5.00. The van der Waals surface area contributed by atoms with Crippen LogP contribution in [0.15, 0.2) is 24.4 Å². The molecule has 1 aliphatic heterocycles. The quantitative estimate of drug-likeness (QED) is 0.669. The Bertz CT molecular complexity index is 682. The number of halogens is 1. The number of fused-ring (bicyclic) bond motifs is 3. The minimum absolute atomic E-state index is 0.201. The van der Waals surface area contributed by atoms with Crippen molar-refractivity contribution in [1.29, 1.82) is 0 Å². The zero-order chi connectivity index (χ0) is 12.2. The third-order valence-electron chi connectivity index (χ3n) is 2.88. The molecule has 0 bridgehead atoms. The van der Waals surface area contributed by atoms with E-state index in [2.05, 4.69) is 4.98 Å². The molecule has 0 radical (unpaired) electrons. The molecule has 0 unspecified atom stereocenters. The number of aromatic nitrogens is 1. The van der Waals surface area contributed by atoms with Crippen LogP contribution in [0.1, 0.15) is 20.8 Å². The van der Waals surface area contributed by atoms with Crippen LogP contribution in [0.4, 0.5) is 0 Å². The van der Waals surface area contributed by atoms with E-state index < -0.39 is 0 Å². The van der Waals surface area contributed by atoms with E-state index in [-0.39, 0.29) is 17.5 Å². The number of hydrogen-bond donors (Lipinski definition) is 0. The van der Waals surface area contributed by atoms with Gasteiger partial charge in [-0.25, -0.2) is 4.98 Å². The molecule has 0 aliphatic carbocycles. The molecule has 17 heavy (non-hydrogen) atoms. The molecule has 0 atom stereocenters. The van der Waals surface area contributed by atoms with Gasteiger partial charge in [0.2, 0.25) is 0 Å². The van der Waals surface area contributed by atoms with Gasteiger partial charge in [-0.05, 0) is 17.5 Å². The van der Waals surface area contributed by atoms with Gasteiger partial charge >= 0.3 is 0 Å². The summed E-state index contributed by atoms with van der Waals surface area (Å²) in [5, 5.41) is 2.00. The fourth-order valence-corrected chi connectivity index (χ4v) is 2.15. The van der Waals surface area contributed by atoms with Gasteiger partial charge in [0.15, 0.2) is 0 Å². The van der Waals surface area contributed by atoms with Crippen molar-refractivity contribution in [2.45, 2.75) is 0 Å². The smallest absolute Gasteiger partial charge is 0.276 e. The summed E-state index contributed by atoms with van der Waals surface area (Å²) in [5.74, 6) is -0.697. The number of hydrogen-bond acceptors (Lipinski definition) is 3. The van der Waals surface area contributed by atoms with E-state index in [0.29, 0.717) is 16.0 Å². The average molecular weight is 247 g/mol. The molecule has 0 spiro atoms. The second-order valence-electron chi connectivity index (χ2n) is 3.88. The number of carbonyl (C=O) groups is 2. The SMILES string of the molecule is CN1C(=O)c2ncc3ccc(Cl)cc3c2C1=O. The summed E-state index contributed by atoms with van der Waals surface area (Å²) in [6.07, 6.45) is 1.58. The van der Waals surface area contributed by atoms with Gasteiger partial charge in [0.05, 0.1) is 5.56 Å². The highest BCUT2D eigenvalue weighted by Crippen LogP contribution is 2.29. The minimum atomic E-state index is -0.369. The van der Waals surface area contributed by atoms with Crippen molar-refractivity contribution in [2.24, 2.45) is 0 Å². The number of benzene rings is 1. The molecule has 1 aromatic carbocycles. The zero-order valence-electron chi connectivity index (χ0n) is 8.90. The zero-order valence-corrected chi connectivity index (χ0v) is 9.65. The van der Waals surface area contributed by atoms with Crippen LogP contribution in [0, 0.1) is 0 Å². The summed E-state index contributed by atoms with van der Waals surface area (Å²) in [7, 11) is 1.45. The molecule has 0 N–H and O–H groups in total. The summed E-state index contributed by atoms with van der Waals surface area (Å²) in [4.78, 5) is 28.8. The fraction of sp³-hybridized carbons (Fsp3) is 0.0833. The summed E-state index contributed by atoms with van der Waals surface area (Å²) < 4.78 is 0. The van der Waals surface area contributed by atoms with Gasteiger partial charge in [-0.1, -0.05) is 17.7 Å². The first-order valence-corrected chi connectivity index (χ1v) is 5.38. The van der Waals surface area contributed by atoms with Crippen LogP contribution in [-0.2, 0) is 0 Å². The number of carbonyl (C=O) groups excluding carboxylic acids is 2. The molecule has 4 nitrogen and oxygen atoms in total. The van der Waals surface area contributed by atoms with Crippen molar-refractivity contribution < 1.29 is 9.59 Å². The lowest BCUT2D eigenvalue weighted by molar-refractivity contribution is 0.0692. The minimum Gasteiger partial charge on any atom is -0.276 e. The average Bonchev–Trinajstić information content (AvgIpc) is 2.54. The Hall–Kier alpha value is -1.94. The van der Waals surface area contributed by atoms with Gasteiger partial charge < -0.3 is 0 Å². The van der Waals surface area contributed by atoms with E-state index in [0.717, 1.165) is 10.3 Å². The normalized spacial score (nSPS) is 14.6. The molecule has 1 aliphatic rings. The van der Waals surface area contributed by atoms with E-state index in [1.807, 2.05) is 0 Å². The van der Waals surface area contributed by atoms with Crippen molar-refractivity contribution in [3.05, 3.63) is 40.7 Å². The Labute approximate surface area is 102 Å². The Morgan fingerprint density at radius 1 is 1.24 bits per heavy atom. The number of nitrogens with zero attached hydrogens (tertiary/aromatic N) is 2. The maximum absolute atomic E-state index is 12.0. The molecule has 5 heteroatoms. The molecular formula is C12H7ClN2O2. The van der Waals surface area contributed by atoms with E-state index in [9.17, 15) is 9.59 Å². The lowest BCUT2D eigenvalue weighted by Gasteiger charge is -2.03. The summed E-state index contributed by atoms with van der Waals surface area (Å²) >= 11 is 5.91. The number of imide groups is 1. The molecule has 0 saturated heterocycles. The monoisotopic (exact) mass is 246 g/mol. The lowest BCUT2D eigenvalue weighted by Crippen LogP contribution is -2.24. The summed E-state index contributed by atoms with van der Waals surface area (Å²) in [6.45, 7) is 0. The first-order chi connectivity index (χ1) is 8.09. The third kappa shape index (κ3) is 1.27. The van der Waals surface area contributed by atoms with Crippen molar-refractivity contribution in [2.75, 3.05) is 7.05 Å². The van der Waals surface area contributed by atoms with Gasteiger partial charge in [0, 0.05) is 23.7 Å². The summed E-state index contributed by atoms with van der Waals surface area (Å²) in [5.41, 5.74) is 0.546. The third-order valence-corrected chi connectivity index (χ3v) is 3.12. The lowest BCUT2D eigenvalue weighted by atomic mass is 10.1. The Morgan fingerprint density at radius 2 is 2.00 bits per heavy atom. The maximum Gasteiger partial charge on any atom is 0.279 e. The van der Waals surface area contributed by atoms with Crippen LogP contribution < -0.4 is 0 Å². The maximum atomic E-state index is 12.0. The fourth-order valence-electron chi connectivity index (χ4n) is 1.98. The Balaban J connectivity index is 2.45. The molecule has 84 valence electrons. The van der Waals surface area contributed by atoms with Crippen LogP contribution in [0.2, 0.25) is 5.02 Å². The van der Waals surface area contributed by atoms with Crippen LogP contribution in [0.3, 0.4) is 0 Å². The molecule has 0 saturated carbocycles. The van der Waals surface area contributed by atoms with E-state index in [1.54, 1.807) is 24.4 Å². The molecule has 0 fully saturated rings. The Kier molecular flexibility index (Phi) is 1.97. The molecule has 3 rings (SSSR count).